The topological polar surface area (TPSA) is 55.8 Å². The molecule has 1 heterocycles. The fraction of sp³-hybridized carbons (Fsp3) is 0.591. The van der Waals surface area contributed by atoms with E-state index in [4.69, 9.17) is 9.47 Å². The third-order valence-corrected chi connectivity index (χ3v) is 5.50. The summed E-state index contributed by atoms with van der Waals surface area (Å²) in [6, 6.07) is 8.12. The number of hydrogen-bond acceptors (Lipinski definition) is 4. The quantitative estimate of drug-likeness (QED) is 0.631. The van der Waals surface area contributed by atoms with Gasteiger partial charge in [0.25, 0.3) is 0 Å². The van der Waals surface area contributed by atoms with Crippen molar-refractivity contribution in [3.8, 4) is 0 Å². The molecule has 5 atom stereocenters. The average molecular weight is 358 g/mol. The molecule has 1 N–H and O–H groups in total. The molecule has 142 valence electrons. The first-order valence-corrected chi connectivity index (χ1v) is 9.60. The number of hydrogen-bond donors (Lipinski definition) is 1. The minimum Gasteiger partial charge on any atom is -0.457 e. The monoisotopic (exact) mass is 358 g/mol. The first-order chi connectivity index (χ1) is 12.3. The molecule has 0 amide bonds. The Bertz CT molecular complexity index is 691. The summed E-state index contributed by atoms with van der Waals surface area (Å²) in [4.78, 5) is 13.0. The van der Waals surface area contributed by atoms with Crippen molar-refractivity contribution < 1.29 is 19.4 Å². The molecule has 1 aliphatic carbocycles. The van der Waals surface area contributed by atoms with Crippen LogP contribution in [-0.2, 0) is 14.3 Å². The highest BCUT2D eigenvalue weighted by molar-refractivity contribution is 5.74. The van der Waals surface area contributed by atoms with Crippen molar-refractivity contribution in [3.05, 3.63) is 47.0 Å². The van der Waals surface area contributed by atoms with E-state index < -0.39 is 12.0 Å². The molecule has 1 aromatic rings. The van der Waals surface area contributed by atoms with Gasteiger partial charge in [-0.15, -0.1) is 0 Å². The number of aliphatic hydroxyl groups is 1. The van der Waals surface area contributed by atoms with Gasteiger partial charge in [0.15, 0.2) is 0 Å². The maximum absolute atomic E-state index is 13.0. The van der Waals surface area contributed by atoms with Crippen LogP contribution in [-0.4, -0.2) is 23.3 Å². The minimum absolute atomic E-state index is 0.131. The number of aliphatic hydroxyl groups excluding tert-OH is 1. The molecular formula is C22H30O4. The van der Waals surface area contributed by atoms with E-state index >= 15 is 0 Å². The van der Waals surface area contributed by atoms with Crippen LogP contribution in [0.5, 0.6) is 0 Å². The van der Waals surface area contributed by atoms with Crippen LogP contribution in [0.2, 0.25) is 0 Å². The third-order valence-electron chi connectivity index (χ3n) is 5.50. The Morgan fingerprint density at radius 1 is 1.04 bits per heavy atom. The predicted molar refractivity (Wildman–Crippen MR) is 100 cm³/mol. The number of benzene rings is 1. The van der Waals surface area contributed by atoms with Crippen LogP contribution in [0.1, 0.15) is 64.4 Å². The lowest BCUT2D eigenvalue weighted by Gasteiger charge is -2.34. The van der Waals surface area contributed by atoms with Gasteiger partial charge in [-0.05, 0) is 41.9 Å². The lowest BCUT2D eigenvalue weighted by molar-refractivity contribution is -0.164. The Morgan fingerprint density at radius 3 is 2.19 bits per heavy atom. The first kappa shape index (κ1) is 19.1. The molecule has 26 heavy (non-hydrogen) atoms. The fourth-order valence-corrected chi connectivity index (χ4v) is 3.97. The summed E-state index contributed by atoms with van der Waals surface area (Å²) < 4.78 is 12.5. The lowest BCUT2D eigenvalue weighted by atomic mass is 9.85. The van der Waals surface area contributed by atoms with Crippen LogP contribution in [0.4, 0.5) is 0 Å². The van der Waals surface area contributed by atoms with Crippen molar-refractivity contribution in [2.75, 3.05) is 0 Å². The van der Waals surface area contributed by atoms with Crippen molar-refractivity contribution in [2.24, 2.45) is 17.8 Å². The lowest BCUT2D eigenvalue weighted by Crippen LogP contribution is -2.39. The predicted octanol–water partition coefficient (Wildman–Crippen LogP) is 4.35. The van der Waals surface area contributed by atoms with Crippen LogP contribution >= 0.6 is 0 Å². The maximum atomic E-state index is 13.0. The normalized spacial score (nSPS) is 32.1. The number of ether oxygens (including phenoxy) is 2. The van der Waals surface area contributed by atoms with E-state index in [1.54, 1.807) is 0 Å². The number of fused-ring (bicyclic) bond motifs is 2. The summed E-state index contributed by atoms with van der Waals surface area (Å²) >= 11 is 0. The van der Waals surface area contributed by atoms with E-state index in [2.05, 4.69) is 33.8 Å². The second-order valence-corrected chi connectivity index (χ2v) is 8.26. The molecule has 0 fully saturated rings. The van der Waals surface area contributed by atoms with E-state index in [0.29, 0.717) is 6.42 Å². The second kappa shape index (κ2) is 7.53. The van der Waals surface area contributed by atoms with Gasteiger partial charge in [0, 0.05) is 0 Å². The molecule has 0 radical (unpaired) electrons. The number of cyclic esters (lactones) is 1. The Kier molecular flexibility index (Phi) is 5.54. The van der Waals surface area contributed by atoms with Crippen molar-refractivity contribution >= 4 is 5.97 Å². The average Bonchev–Trinajstić information content (AvgIpc) is 2.63. The third kappa shape index (κ3) is 3.58. The van der Waals surface area contributed by atoms with Gasteiger partial charge in [0.2, 0.25) is 0 Å². The van der Waals surface area contributed by atoms with Gasteiger partial charge >= 0.3 is 5.97 Å². The zero-order chi connectivity index (χ0) is 19.0. The van der Waals surface area contributed by atoms with Crippen molar-refractivity contribution in [3.63, 3.8) is 0 Å². The van der Waals surface area contributed by atoms with Gasteiger partial charge in [-0.1, -0.05) is 58.0 Å². The number of esters is 1. The van der Waals surface area contributed by atoms with E-state index in [-0.39, 0.29) is 36.1 Å². The Balaban J connectivity index is 2.12. The molecule has 2 aliphatic rings. The largest absolute Gasteiger partial charge is 0.457 e. The van der Waals surface area contributed by atoms with Crippen LogP contribution in [0.15, 0.2) is 35.9 Å². The molecule has 0 aromatic heterocycles. The maximum Gasteiger partial charge on any atom is 0.312 e. The second-order valence-electron chi connectivity index (χ2n) is 8.26. The number of rotatable bonds is 2. The smallest absolute Gasteiger partial charge is 0.312 e. The SMILES string of the molecule is CC1=C[C@H]2O[C@@H](C(C)C)c3ccccc3[C@H](C(C)C)OC(=O)[C@@H]2C[C@@H]1O. The van der Waals surface area contributed by atoms with Crippen molar-refractivity contribution in [1.29, 1.82) is 0 Å². The summed E-state index contributed by atoms with van der Waals surface area (Å²) in [6.45, 7) is 10.3. The van der Waals surface area contributed by atoms with E-state index in [1.165, 1.54) is 0 Å². The van der Waals surface area contributed by atoms with Crippen LogP contribution in [0, 0.1) is 17.8 Å². The molecule has 0 spiro atoms. The summed E-state index contributed by atoms with van der Waals surface area (Å²) in [7, 11) is 0. The summed E-state index contributed by atoms with van der Waals surface area (Å²) in [5.41, 5.74) is 2.97. The molecule has 4 nitrogen and oxygen atoms in total. The van der Waals surface area contributed by atoms with Crippen molar-refractivity contribution in [2.45, 2.75) is 65.5 Å². The van der Waals surface area contributed by atoms with E-state index in [9.17, 15) is 9.90 Å². The Hall–Kier alpha value is -1.65. The van der Waals surface area contributed by atoms with Gasteiger partial charge in [0.1, 0.15) is 6.10 Å². The van der Waals surface area contributed by atoms with E-state index in [1.807, 2.05) is 31.2 Å². The Morgan fingerprint density at radius 2 is 1.62 bits per heavy atom. The molecule has 0 saturated carbocycles. The number of carbonyl (C=O) groups is 1. The fourth-order valence-electron chi connectivity index (χ4n) is 3.97. The van der Waals surface area contributed by atoms with Crippen LogP contribution in [0.3, 0.4) is 0 Å². The molecule has 0 saturated heterocycles. The van der Waals surface area contributed by atoms with Crippen LogP contribution < -0.4 is 0 Å². The highest BCUT2D eigenvalue weighted by Crippen LogP contribution is 2.41. The molecule has 1 aromatic carbocycles. The molecular weight excluding hydrogens is 328 g/mol. The molecule has 0 bridgehead atoms. The Labute approximate surface area is 156 Å². The summed E-state index contributed by atoms with van der Waals surface area (Å²) in [6.07, 6.45) is 0.800. The van der Waals surface area contributed by atoms with E-state index in [0.717, 1.165) is 16.7 Å². The van der Waals surface area contributed by atoms with Gasteiger partial charge in [-0.3, -0.25) is 4.79 Å². The summed E-state index contributed by atoms with van der Waals surface area (Å²) in [5, 5.41) is 10.3. The molecule has 3 rings (SSSR count). The first-order valence-electron chi connectivity index (χ1n) is 9.60. The highest BCUT2D eigenvalue weighted by Gasteiger charge is 2.41. The minimum atomic E-state index is -0.620. The van der Waals surface area contributed by atoms with Crippen LogP contribution in [0.25, 0.3) is 0 Å². The van der Waals surface area contributed by atoms with Gasteiger partial charge in [-0.2, -0.15) is 0 Å². The molecule has 1 aliphatic heterocycles. The highest BCUT2D eigenvalue weighted by atomic mass is 16.6. The molecule has 4 heteroatoms. The molecule has 0 unspecified atom stereocenters. The number of carbonyl (C=O) groups excluding carboxylic acids is 1. The zero-order valence-corrected chi connectivity index (χ0v) is 16.3. The van der Waals surface area contributed by atoms with Crippen molar-refractivity contribution in [1.82, 2.24) is 0 Å². The van der Waals surface area contributed by atoms with Gasteiger partial charge < -0.3 is 14.6 Å². The standard InChI is InChI=1S/C22H30O4/c1-12(2)20-15-8-6-7-9-16(15)21(13(3)4)26-22(24)17-11-18(23)14(5)10-19(17)25-20/h6-10,12-13,17-21,23H,11H2,1-5H3/t17-,18+,19-,20+,21+/m1/s1. The summed E-state index contributed by atoms with van der Waals surface area (Å²) in [5.74, 6) is -0.366. The zero-order valence-electron chi connectivity index (χ0n) is 16.3. The van der Waals surface area contributed by atoms with Gasteiger partial charge in [-0.25, -0.2) is 0 Å². The van der Waals surface area contributed by atoms with Gasteiger partial charge in [0.05, 0.1) is 24.2 Å².